The number of aromatic amines is 1. The molecule has 0 saturated heterocycles. The van der Waals surface area contributed by atoms with Crippen molar-refractivity contribution in [2.45, 2.75) is 39.7 Å². The van der Waals surface area contributed by atoms with Crippen LogP contribution in [0.5, 0.6) is 11.6 Å². The molecule has 242 valence electrons. The maximum absolute atomic E-state index is 12.8. The summed E-state index contributed by atoms with van der Waals surface area (Å²) < 4.78 is 17.0. The van der Waals surface area contributed by atoms with Gasteiger partial charge in [0.2, 0.25) is 11.8 Å². The highest BCUT2D eigenvalue weighted by Gasteiger charge is 2.22. The quantitative estimate of drug-likeness (QED) is 0.155. The molecule has 46 heavy (non-hydrogen) atoms. The summed E-state index contributed by atoms with van der Waals surface area (Å²) in [5.74, 6) is 0.900. The topological polar surface area (TPSA) is 106 Å². The van der Waals surface area contributed by atoms with E-state index in [1.165, 1.54) is 11.0 Å². The molecule has 0 radical (unpaired) electrons. The maximum Gasteiger partial charge on any atom is 0.410 e. The Morgan fingerprint density at radius 3 is 2.50 bits per heavy atom. The number of rotatable bonds is 12. The molecular weight excluding hydrogens is 604 g/mol. The zero-order valence-electron chi connectivity index (χ0n) is 27.1. The Labute approximate surface area is 275 Å². The average Bonchev–Trinajstić information content (AvgIpc) is 3.37. The number of allylic oxidation sites excluding steroid dienone is 1. The van der Waals surface area contributed by atoms with Gasteiger partial charge in [0, 0.05) is 54.0 Å². The van der Waals surface area contributed by atoms with Crippen molar-refractivity contribution in [3.8, 4) is 11.6 Å². The van der Waals surface area contributed by atoms with E-state index in [0.717, 1.165) is 51.0 Å². The van der Waals surface area contributed by atoms with Crippen LogP contribution in [0.1, 0.15) is 50.9 Å². The standard InChI is InChI=1S/C36H41ClN4O5/c1-7-27(24-12-10-13-26(22-24)44-6)32(34-33(37)28-14-8-9-15-29(28)40-34)25-17-18-31(39-23-25)45-21-20-41(19-11-16-30(42)38-5)35(43)46-36(2,3)4/h8-18,22-23,40H,7,19-21H2,1-6H3,(H,38,42)/b16-11+,32-27+. The van der Waals surface area contributed by atoms with Crippen molar-refractivity contribution in [1.82, 2.24) is 20.2 Å². The highest BCUT2D eigenvalue weighted by molar-refractivity contribution is 6.38. The van der Waals surface area contributed by atoms with E-state index in [4.69, 9.17) is 25.8 Å². The lowest BCUT2D eigenvalue weighted by Gasteiger charge is -2.26. The molecule has 0 bridgehead atoms. The van der Waals surface area contributed by atoms with Crippen molar-refractivity contribution in [2.75, 3.05) is 33.9 Å². The summed E-state index contributed by atoms with van der Waals surface area (Å²) in [5.41, 5.74) is 4.94. The second-order valence-corrected chi connectivity index (χ2v) is 11.9. The Bertz CT molecular complexity index is 1720. The molecule has 0 aliphatic carbocycles. The second kappa shape index (κ2) is 15.5. The Hall–Kier alpha value is -4.76. The van der Waals surface area contributed by atoms with Crippen LogP contribution in [-0.4, -0.2) is 66.3 Å². The van der Waals surface area contributed by atoms with E-state index in [1.54, 1.807) is 53.3 Å². The molecule has 0 unspecified atom stereocenters. The van der Waals surface area contributed by atoms with E-state index >= 15 is 0 Å². The molecule has 2 aromatic carbocycles. The van der Waals surface area contributed by atoms with Gasteiger partial charge in [-0.1, -0.05) is 54.9 Å². The Morgan fingerprint density at radius 1 is 1.07 bits per heavy atom. The highest BCUT2D eigenvalue weighted by atomic mass is 35.5. The van der Waals surface area contributed by atoms with Crippen LogP contribution in [0.2, 0.25) is 5.02 Å². The van der Waals surface area contributed by atoms with Gasteiger partial charge in [0.05, 0.1) is 24.4 Å². The minimum atomic E-state index is -0.667. The molecule has 2 heterocycles. The average molecular weight is 645 g/mol. The number of carbonyl (C=O) groups is 2. The number of benzene rings is 2. The fourth-order valence-electron chi connectivity index (χ4n) is 4.91. The number of para-hydroxylation sites is 1. The number of carbonyl (C=O) groups excluding carboxylic acids is 2. The number of pyridine rings is 1. The molecule has 0 saturated carbocycles. The fraction of sp³-hybridized carbons (Fsp3) is 0.306. The first kappa shape index (κ1) is 34.1. The predicted octanol–water partition coefficient (Wildman–Crippen LogP) is 7.51. The number of methoxy groups -OCH3 is 1. The SMILES string of the molecule is CC/C(=C(/c1ccc(OCCN(C/C=C/C(=O)NC)C(=O)OC(C)(C)C)nc1)c1[nH]c2ccccc2c1Cl)c1cccc(OC)c1. The van der Waals surface area contributed by atoms with E-state index in [9.17, 15) is 9.59 Å². The number of fused-ring (bicyclic) bond motifs is 1. The first-order valence-electron chi connectivity index (χ1n) is 15.1. The number of ether oxygens (including phenoxy) is 3. The molecule has 9 nitrogen and oxygen atoms in total. The van der Waals surface area contributed by atoms with Crippen LogP contribution < -0.4 is 14.8 Å². The van der Waals surface area contributed by atoms with Crippen molar-refractivity contribution in [3.05, 3.63) is 101 Å². The van der Waals surface area contributed by atoms with Gasteiger partial charge < -0.3 is 29.4 Å². The number of aromatic nitrogens is 2. The molecule has 4 rings (SSSR count). The van der Waals surface area contributed by atoms with Crippen LogP contribution in [0.4, 0.5) is 4.79 Å². The highest BCUT2D eigenvalue weighted by Crippen LogP contribution is 2.40. The molecule has 0 spiro atoms. The predicted molar refractivity (Wildman–Crippen MR) is 183 cm³/mol. The Kier molecular flexibility index (Phi) is 11.5. The van der Waals surface area contributed by atoms with Crippen molar-refractivity contribution in [3.63, 3.8) is 0 Å². The first-order chi connectivity index (χ1) is 22.0. The van der Waals surface area contributed by atoms with Crippen LogP contribution >= 0.6 is 11.6 Å². The first-order valence-corrected chi connectivity index (χ1v) is 15.5. The summed E-state index contributed by atoms with van der Waals surface area (Å²) in [6, 6.07) is 19.7. The number of nitrogens with one attached hydrogen (secondary N) is 2. The minimum absolute atomic E-state index is 0.167. The summed E-state index contributed by atoms with van der Waals surface area (Å²) >= 11 is 7.00. The summed E-state index contributed by atoms with van der Waals surface area (Å²) in [6.07, 6.45) is 4.96. The van der Waals surface area contributed by atoms with Crippen molar-refractivity contribution in [2.24, 2.45) is 0 Å². The molecule has 0 aliphatic heterocycles. The lowest BCUT2D eigenvalue weighted by atomic mass is 9.91. The number of hydrogen-bond acceptors (Lipinski definition) is 6. The van der Waals surface area contributed by atoms with E-state index in [2.05, 4.69) is 28.3 Å². The van der Waals surface area contributed by atoms with E-state index in [0.29, 0.717) is 10.9 Å². The number of likely N-dealkylation sites (N-methyl/N-ethyl adjacent to an activating group) is 1. The Balaban J connectivity index is 1.62. The van der Waals surface area contributed by atoms with E-state index in [-0.39, 0.29) is 25.6 Å². The van der Waals surface area contributed by atoms with Crippen LogP contribution in [-0.2, 0) is 9.53 Å². The normalized spacial score (nSPS) is 12.2. The third kappa shape index (κ3) is 8.69. The zero-order chi connectivity index (χ0) is 33.3. The van der Waals surface area contributed by atoms with Crippen molar-refractivity contribution in [1.29, 1.82) is 0 Å². The number of hydrogen-bond donors (Lipinski definition) is 2. The van der Waals surface area contributed by atoms with Gasteiger partial charge in [0.1, 0.15) is 18.0 Å². The third-order valence-electron chi connectivity index (χ3n) is 7.10. The summed E-state index contributed by atoms with van der Waals surface area (Å²) in [7, 11) is 3.20. The monoisotopic (exact) mass is 644 g/mol. The van der Waals surface area contributed by atoms with Gasteiger partial charge in [-0.05, 0) is 62.6 Å². The van der Waals surface area contributed by atoms with Gasteiger partial charge in [-0.25, -0.2) is 9.78 Å². The number of nitrogens with zero attached hydrogens (tertiary/aromatic N) is 2. The van der Waals surface area contributed by atoms with Gasteiger partial charge in [0.25, 0.3) is 0 Å². The van der Waals surface area contributed by atoms with Crippen LogP contribution in [0.25, 0.3) is 22.0 Å². The zero-order valence-corrected chi connectivity index (χ0v) is 27.9. The van der Waals surface area contributed by atoms with Crippen LogP contribution in [0.15, 0.2) is 79.0 Å². The van der Waals surface area contributed by atoms with Gasteiger partial charge in [-0.2, -0.15) is 0 Å². The number of H-pyrrole nitrogens is 1. The van der Waals surface area contributed by atoms with E-state index < -0.39 is 11.7 Å². The lowest BCUT2D eigenvalue weighted by molar-refractivity contribution is -0.116. The largest absolute Gasteiger partial charge is 0.497 e. The minimum Gasteiger partial charge on any atom is -0.497 e. The van der Waals surface area contributed by atoms with Crippen LogP contribution in [0.3, 0.4) is 0 Å². The number of amides is 2. The van der Waals surface area contributed by atoms with E-state index in [1.807, 2.05) is 48.5 Å². The lowest BCUT2D eigenvalue weighted by Crippen LogP contribution is -2.39. The number of halogens is 1. The summed E-state index contributed by atoms with van der Waals surface area (Å²) in [6.45, 7) is 8.08. The molecule has 10 heteroatoms. The van der Waals surface area contributed by atoms with Gasteiger partial charge in [0.15, 0.2) is 0 Å². The molecule has 2 amide bonds. The molecular formula is C36H41ClN4O5. The molecule has 0 atom stereocenters. The molecule has 0 fully saturated rings. The molecule has 0 aliphatic rings. The second-order valence-electron chi connectivity index (χ2n) is 11.5. The summed E-state index contributed by atoms with van der Waals surface area (Å²) in [4.78, 5) is 34.0. The molecule has 2 N–H and O–H groups in total. The molecule has 2 aromatic heterocycles. The third-order valence-corrected chi connectivity index (χ3v) is 7.49. The Morgan fingerprint density at radius 2 is 1.85 bits per heavy atom. The van der Waals surface area contributed by atoms with Crippen molar-refractivity contribution < 1.29 is 23.8 Å². The fourth-order valence-corrected chi connectivity index (χ4v) is 5.22. The van der Waals surface area contributed by atoms with Crippen LogP contribution in [0, 0.1) is 0 Å². The van der Waals surface area contributed by atoms with Gasteiger partial charge in [-0.15, -0.1) is 0 Å². The summed E-state index contributed by atoms with van der Waals surface area (Å²) in [5, 5.41) is 4.08. The smallest absolute Gasteiger partial charge is 0.410 e. The van der Waals surface area contributed by atoms with Gasteiger partial charge >= 0.3 is 6.09 Å². The molecule has 4 aromatic rings. The van der Waals surface area contributed by atoms with Crippen molar-refractivity contribution >= 4 is 45.7 Å². The maximum atomic E-state index is 12.8. The van der Waals surface area contributed by atoms with Gasteiger partial charge in [-0.3, -0.25) is 4.79 Å².